The number of hydrogen-bond donors (Lipinski definition) is 1. The number of rotatable bonds is 3. The molecule has 2 N–H and O–H groups in total. The number of likely N-dealkylation sites (tertiary alicyclic amines) is 1. The fraction of sp³-hybridized carbons (Fsp3) is 0.562. The quantitative estimate of drug-likeness (QED) is 0.455. The van der Waals surface area contributed by atoms with Gasteiger partial charge in [0, 0.05) is 23.5 Å². The first kappa shape index (κ1) is 18.6. The molecule has 1 aromatic carbocycles. The molecule has 0 saturated carbocycles. The lowest BCUT2D eigenvalue weighted by molar-refractivity contribution is 0.337. The lowest BCUT2D eigenvalue weighted by Gasteiger charge is -2.29. The standard InChI is InChI=1S/C16H24ClN3.HI/c1-16(2,13-6-8-14(17)9-7-13)12-19-15(18)20-10-4-3-5-11-20;/h6-9H,3-5,10-12H2,1-2H3,(H2,18,19);1H. The fourth-order valence-electron chi connectivity index (χ4n) is 2.49. The molecule has 1 fully saturated rings. The van der Waals surface area contributed by atoms with Crippen molar-refractivity contribution in [2.45, 2.75) is 38.5 Å². The van der Waals surface area contributed by atoms with Crippen LogP contribution in [-0.4, -0.2) is 30.5 Å². The largest absolute Gasteiger partial charge is 0.370 e. The molecule has 1 heterocycles. The van der Waals surface area contributed by atoms with Crippen molar-refractivity contribution >= 4 is 41.5 Å². The molecule has 5 heteroatoms. The van der Waals surface area contributed by atoms with Gasteiger partial charge in [0.15, 0.2) is 5.96 Å². The minimum atomic E-state index is -0.0367. The summed E-state index contributed by atoms with van der Waals surface area (Å²) in [4.78, 5) is 6.80. The van der Waals surface area contributed by atoms with Crippen LogP contribution in [-0.2, 0) is 5.41 Å². The molecule has 1 aliphatic heterocycles. The van der Waals surface area contributed by atoms with Gasteiger partial charge >= 0.3 is 0 Å². The molecule has 1 saturated heterocycles. The van der Waals surface area contributed by atoms with E-state index in [-0.39, 0.29) is 29.4 Å². The molecule has 2 rings (SSSR count). The van der Waals surface area contributed by atoms with Gasteiger partial charge in [0.1, 0.15) is 0 Å². The summed E-state index contributed by atoms with van der Waals surface area (Å²) in [6.07, 6.45) is 3.74. The summed E-state index contributed by atoms with van der Waals surface area (Å²) in [7, 11) is 0. The van der Waals surface area contributed by atoms with Crippen LogP contribution in [0.4, 0.5) is 0 Å². The molecule has 1 aromatic rings. The van der Waals surface area contributed by atoms with Crippen molar-refractivity contribution in [3.63, 3.8) is 0 Å². The molecule has 21 heavy (non-hydrogen) atoms. The molecule has 1 aliphatic rings. The first-order valence-electron chi connectivity index (χ1n) is 7.30. The normalized spacial score (nSPS) is 16.5. The van der Waals surface area contributed by atoms with E-state index in [2.05, 4.69) is 35.9 Å². The Morgan fingerprint density at radius 1 is 1.19 bits per heavy atom. The van der Waals surface area contributed by atoms with Gasteiger partial charge in [-0.1, -0.05) is 37.6 Å². The predicted octanol–water partition coefficient (Wildman–Crippen LogP) is 4.04. The van der Waals surface area contributed by atoms with Gasteiger partial charge in [-0.2, -0.15) is 0 Å². The Bertz CT molecular complexity index is 465. The average molecular weight is 422 g/mol. The second kappa shape index (κ2) is 8.22. The Morgan fingerprint density at radius 3 is 2.33 bits per heavy atom. The number of guanidine groups is 1. The molecule has 0 aliphatic carbocycles. The van der Waals surface area contributed by atoms with Crippen molar-refractivity contribution in [3.05, 3.63) is 34.9 Å². The Hall–Kier alpha value is -0.490. The van der Waals surface area contributed by atoms with E-state index in [4.69, 9.17) is 17.3 Å². The summed E-state index contributed by atoms with van der Waals surface area (Å²) in [6.45, 7) is 7.14. The number of nitrogens with zero attached hydrogens (tertiary/aromatic N) is 2. The van der Waals surface area contributed by atoms with Gasteiger partial charge in [-0.05, 0) is 37.0 Å². The van der Waals surface area contributed by atoms with Crippen LogP contribution in [0.1, 0.15) is 38.7 Å². The van der Waals surface area contributed by atoms with Crippen LogP contribution >= 0.6 is 35.6 Å². The van der Waals surface area contributed by atoms with Crippen LogP contribution in [0.25, 0.3) is 0 Å². The second-order valence-corrected chi connectivity index (χ2v) is 6.55. The number of nitrogens with two attached hydrogens (primary N) is 1. The maximum absolute atomic E-state index is 6.11. The molecule has 118 valence electrons. The Balaban J connectivity index is 0.00000220. The topological polar surface area (TPSA) is 41.6 Å². The third-order valence-corrected chi connectivity index (χ3v) is 4.19. The lowest BCUT2D eigenvalue weighted by atomic mass is 9.85. The highest BCUT2D eigenvalue weighted by Crippen LogP contribution is 2.25. The van der Waals surface area contributed by atoms with Crippen molar-refractivity contribution in [1.29, 1.82) is 0 Å². The molecular weight excluding hydrogens is 397 g/mol. The van der Waals surface area contributed by atoms with E-state index in [1.54, 1.807) is 0 Å². The first-order chi connectivity index (χ1) is 9.49. The van der Waals surface area contributed by atoms with Crippen molar-refractivity contribution in [2.24, 2.45) is 10.7 Å². The Kier molecular flexibility index (Phi) is 7.27. The molecular formula is C16H25ClIN3. The zero-order valence-electron chi connectivity index (χ0n) is 12.8. The number of benzene rings is 1. The van der Waals surface area contributed by atoms with Gasteiger partial charge in [-0.15, -0.1) is 24.0 Å². The number of aliphatic imine (C=N–C) groups is 1. The van der Waals surface area contributed by atoms with Gasteiger partial charge in [-0.3, -0.25) is 4.99 Å². The Labute approximate surface area is 150 Å². The van der Waals surface area contributed by atoms with Gasteiger partial charge in [0.05, 0.1) is 6.54 Å². The van der Waals surface area contributed by atoms with Crippen LogP contribution < -0.4 is 5.73 Å². The summed E-state index contributed by atoms with van der Waals surface area (Å²) in [5.41, 5.74) is 7.31. The van der Waals surface area contributed by atoms with Gasteiger partial charge in [-0.25, -0.2) is 0 Å². The van der Waals surface area contributed by atoms with Gasteiger partial charge < -0.3 is 10.6 Å². The molecule has 0 unspecified atom stereocenters. The van der Waals surface area contributed by atoms with Crippen LogP contribution in [0.2, 0.25) is 5.02 Å². The minimum absolute atomic E-state index is 0. The maximum atomic E-state index is 6.11. The van der Waals surface area contributed by atoms with Gasteiger partial charge in [0.25, 0.3) is 0 Å². The zero-order valence-corrected chi connectivity index (χ0v) is 15.9. The minimum Gasteiger partial charge on any atom is -0.370 e. The van der Waals surface area contributed by atoms with Crippen LogP contribution in [0.5, 0.6) is 0 Å². The average Bonchev–Trinajstić information content (AvgIpc) is 2.46. The van der Waals surface area contributed by atoms with Crippen LogP contribution in [0.15, 0.2) is 29.3 Å². The molecule has 0 atom stereocenters. The first-order valence-corrected chi connectivity index (χ1v) is 7.68. The van der Waals surface area contributed by atoms with Crippen molar-refractivity contribution < 1.29 is 0 Å². The number of piperidine rings is 1. The third kappa shape index (κ3) is 5.33. The van der Waals surface area contributed by atoms with Crippen LogP contribution in [0, 0.1) is 0 Å². The number of hydrogen-bond acceptors (Lipinski definition) is 1. The van der Waals surface area contributed by atoms with E-state index < -0.39 is 0 Å². The molecule has 0 bridgehead atoms. The van der Waals surface area contributed by atoms with Crippen LogP contribution in [0.3, 0.4) is 0 Å². The predicted molar refractivity (Wildman–Crippen MR) is 102 cm³/mol. The maximum Gasteiger partial charge on any atom is 0.191 e. The highest BCUT2D eigenvalue weighted by molar-refractivity contribution is 14.0. The second-order valence-electron chi connectivity index (χ2n) is 6.11. The van der Waals surface area contributed by atoms with E-state index in [9.17, 15) is 0 Å². The lowest BCUT2D eigenvalue weighted by Crippen LogP contribution is -2.41. The molecule has 0 amide bonds. The molecule has 0 radical (unpaired) electrons. The fourth-order valence-corrected chi connectivity index (χ4v) is 2.62. The summed E-state index contributed by atoms with van der Waals surface area (Å²) >= 11 is 5.94. The van der Waals surface area contributed by atoms with E-state index in [0.717, 1.165) is 18.1 Å². The third-order valence-electron chi connectivity index (χ3n) is 3.94. The monoisotopic (exact) mass is 421 g/mol. The molecule has 3 nitrogen and oxygen atoms in total. The van der Waals surface area contributed by atoms with Crippen molar-refractivity contribution in [3.8, 4) is 0 Å². The number of halogens is 2. The highest BCUT2D eigenvalue weighted by Gasteiger charge is 2.21. The summed E-state index contributed by atoms with van der Waals surface area (Å²) < 4.78 is 0. The summed E-state index contributed by atoms with van der Waals surface area (Å²) in [5, 5.41) is 0.765. The highest BCUT2D eigenvalue weighted by atomic mass is 127. The summed E-state index contributed by atoms with van der Waals surface area (Å²) in [5.74, 6) is 0.687. The van der Waals surface area contributed by atoms with E-state index in [1.807, 2.05) is 12.1 Å². The zero-order chi connectivity index (χ0) is 14.6. The summed E-state index contributed by atoms with van der Waals surface area (Å²) in [6, 6.07) is 7.98. The van der Waals surface area contributed by atoms with Gasteiger partial charge in [0.2, 0.25) is 0 Å². The van der Waals surface area contributed by atoms with E-state index in [1.165, 1.54) is 24.8 Å². The molecule has 0 spiro atoms. The van der Waals surface area contributed by atoms with E-state index >= 15 is 0 Å². The van der Waals surface area contributed by atoms with Crippen molar-refractivity contribution in [1.82, 2.24) is 4.90 Å². The SMILES string of the molecule is CC(C)(CN=C(N)N1CCCCC1)c1ccc(Cl)cc1.I. The Morgan fingerprint density at radius 2 is 1.76 bits per heavy atom. The van der Waals surface area contributed by atoms with E-state index in [0.29, 0.717) is 12.5 Å². The smallest absolute Gasteiger partial charge is 0.191 e. The van der Waals surface area contributed by atoms with Crippen molar-refractivity contribution in [2.75, 3.05) is 19.6 Å². The molecule has 0 aromatic heterocycles.